The van der Waals surface area contributed by atoms with Gasteiger partial charge in [-0.05, 0) is 48.7 Å². The van der Waals surface area contributed by atoms with Crippen LogP contribution in [-0.4, -0.2) is 6.54 Å². The summed E-state index contributed by atoms with van der Waals surface area (Å²) in [6, 6.07) is 12.6. The van der Waals surface area contributed by atoms with E-state index in [4.69, 9.17) is 23.2 Å². The zero-order valence-corrected chi connectivity index (χ0v) is 13.4. The average Bonchev–Trinajstić information content (AvgIpc) is 2.48. The fraction of sp³-hybridized carbons (Fsp3) is 0.294. The topological polar surface area (TPSA) is 12.0 Å². The number of halogens is 3. The molecule has 2 rings (SSSR count). The Labute approximate surface area is 135 Å². The molecule has 0 amide bonds. The lowest BCUT2D eigenvalue weighted by Crippen LogP contribution is -2.24. The number of hydrogen-bond acceptors (Lipinski definition) is 1. The van der Waals surface area contributed by atoms with Gasteiger partial charge >= 0.3 is 0 Å². The highest BCUT2D eigenvalue weighted by molar-refractivity contribution is 6.31. The van der Waals surface area contributed by atoms with Gasteiger partial charge in [0, 0.05) is 11.1 Å². The Morgan fingerprint density at radius 3 is 2.48 bits per heavy atom. The van der Waals surface area contributed by atoms with E-state index < -0.39 is 0 Å². The highest BCUT2D eigenvalue weighted by Crippen LogP contribution is 2.28. The van der Waals surface area contributed by atoms with Gasteiger partial charge in [0.15, 0.2) is 0 Å². The van der Waals surface area contributed by atoms with Crippen LogP contribution in [0.1, 0.15) is 30.5 Å². The van der Waals surface area contributed by atoms with Crippen molar-refractivity contribution >= 4 is 23.2 Å². The monoisotopic (exact) mass is 325 g/mol. The maximum Gasteiger partial charge on any atom is 0.142 e. The van der Waals surface area contributed by atoms with Gasteiger partial charge in [-0.1, -0.05) is 54.4 Å². The van der Waals surface area contributed by atoms with Crippen LogP contribution < -0.4 is 5.32 Å². The number of nitrogens with one attached hydrogen (secondary N) is 1. The molecule has 2 aromatic rings. The summed E-state index contributed by atoms with van der Waals surface area (Å²) in [5.41, 5.74) is 1.92. The summed E-state index contributed by atoms with van der Waals surface area (Å²) < 4.78 is 13.7. The molecule has 0 spiro atoms. The molecule has 0 saturated carbocycles. The van der Waals surface area contributed by atoms with Gasteiger partial charge in [0.25, 0.3) is 0 Å². The van der Waals surface area contributed by atoms with Crippen LogP contribution in [0, 0.1) is 5.82 Å². The molecule has 0 aliphatic heterocycles. The number of rotatable bonds is 6. The normalized spacial score (nSPS) is 12.4. The van der Waals surface area contributed by atoms with E-state index in [1.165, 1.54) is 6.07 Å². The SMILES string of the molecule is CCCNC(Cc1ccc(Cl)cc1)c1cccc(F)c1Cl. The molecule has 0 aliphatic rings. The van der Waals surface area contributed by atoms with E-state index in [9.17, 15) is 4.39 Å². The number of hydrogen-bond donors (Lipinski definition) is 1. The van der Waals surface area contributed by atoms with Crippen LogP contribution in [0.3, 0.4) is 0 Å². The quantitative estimate of drug-likeness (QED) is 0.748. The second-order valence-corrected chi connectivity index (χ2v) is 5.79. The van der Waals surface area contributed by atoms with Gasteiger partial charge in [0.1, 0.15) is 5.82 Å². The Kier molecular flexibility index (Phi) is 6.04. The zero-order chi connectivity index (χ0) is 15.2. The molecule has 0 radical (unpaired) electrons. The molecule has 0 bridgehead atoms. The highest BCUT2D eigenvalue weighted by Gasteiger charge is 2.17. The van der Waals surface area contributed by atoms with E-state index in [1.807, 2.05) is 30.3 Å². The molecule has 21 heavy (non-hydrogen) atoms. The van der Waals surface area contributed by atoms with Crippen LogP contribution in [0.4, 0.5) is 4.39 Å². The molecule has 4 heteroatoms. The highest BCUT2D eigenvalue weighted by atomic mass is 35.5. The van der Waals surface area contributed by atoms with E-state index in [0.717, 1.165) is 30.5 Å². The van der Waals surface area contributed by atoms with Crippen LogP contribution in [-0.2, 0) is 6.42 Å². The van der Waals surface area contributed by atoms with Crippen LogP contribution in [0.5, 0.6) is 0 Å². The summed E-state index contributed by atoms with van der Waals surface area (Å²) in [5.74, 6) is -0.381. The molecule has 112 valence electrons. The molecular weight excluding hydrogens is 308 g/mol. The van der Waals surface area contributed by atoms with E-state index in [0.29, 0.717) is 5.02 Å². The Balaban J connectivity index is 2.25. The Hall–Kier alpha value is -1.09. The van der Waals surface area contributed by atoms with Crippen molar-refractivity contribution < 1.29 is 4.39 Å². The van der Waals surface area contributed by atoms with Gasteiger partial charge in [0.05, 0.1) is 5.02 Å². The van der Waals surface area contributed by atoms with Crippen LogP contribution >= 0.6 is 23.2 Å². The number of benzene rings is 2. The van der Waals surface area contributed by atoms with Crippen molar-refractivity contribution in [3.63, 3.8) is 0 Å². The Morgan fingerprint density at radius 1 is 1.10 bits per heavy atom. The molecule has 0 saturated heterocycles. The third-order valence-electron chi connectivity index (χ3n) is 3.35. The summed E-state index contributed by atoms with van der Waals surface area (Å²) in [6.07, 6.45) is 1.74. The predicted octanol–water partition coefficient (Wildman–Crippen LogP) is 5.42. The molecule has 0 aliphatic carbocycles. The van der Waals surface area contributed by atoms with Crippen molar-refractivity contribution in [1.29, 1.82) is 0 Å². The third-order valence-corrected chi connectivity index (χ3v) is 4.00. The molecule has 1 unspecified atom stereocenters. The minimum absolute atomic E-state index is 0.0191. The van der Waals surface area contributed by atoms with Gasteiger partial charge < -0.3 is 5.32 Å². The predicted molar refractivity (Wildman–Crippen MR) is 87.6 cm³/mol. The molecule has 0 fully saturated rings. The summed E-state index contributed by atoms with van der Waals surface area (Å²) in [6.45, 7) is 2.95. The van der Waals surface area contributed by atoms with Crippen LogP contribution in [0.15, 0.2) is 42.5 Å². The molecule has 1 atom stereocenters. The molecule has 1 N–H and O–H groups in total. The average molecular weight is 326 g/mol. The maximum absolute atomic E-state index is 13.7. The van der Waals surface area contributed by atoms with E-state index >= 15 is 0 Å². The lowest BCUT2D eigenvalue weighted by Gasteiger charge is -2.20. The smallest absolute Gasteiger partial charge is 0.142 e. The lowest BCUT2D eigenvalue weighted by molar-refractivity contribution is 0.524. The fourth-order valence-electron chi connectivity index (χ4n) is 2.26. The summed E-state index contributed by atoms with van der Waals surface area (Å²) >= 11 is 12.0. The van der Waals surface area contributed by atoms with Gasteiger partial charge in [-0.25, -0.2) is 4.39 Å². The molecule has 0 heterocycles. The summed E-state index contributed by atoms with van der Waals surface area (Å²) in [7, 11) is 0. The molecule has 2 aromatic carbocycles. The first kappa shape index (κ1) is 16.3. The summed E-state index contributed by atoms with van der Waals surface area (Å²) in [4.78, 5) is 0. The van der Waals surface area contributed by atoms with Crippen molar-refractivity contribution in [2.75, 3.05) is 6.54 Å². The van der Waals surface area contributed by atoms with Gasteiger partial charge in [-0.15, -0.1) is 0 Å². The van der Waals surface area contributed by atoms with Crippen molar-refractivity contribution in [2.24, 2.45) is 0 Å². The largest absolute Gasteiger partial charge is 0.310 e. The third kappa shape index (κ3) is 4.44. The van der Waals surface area contributed by atoms with Gasteiger partial charge in [-0.3, -0.25) is 0 Å². The Bertz CT molecular complexity index is 584. The van der Waals surface area contributed by atoms with E-state index in [1.54, 1.807) is 6.07 Å². The minimum Gasteiger partial charge on any atom is -0.310 e. The molecule has 1 nitrogen and oxygen atoms in total. The first-order chi connectivity index (χ1) is 10.1. The van der Waals surface area contributed by atoms with Gasteiger partial charge in [0.2, 0.25) is 0 Å². The Morgan fingerprint density at radius 2 is 1.81 bits per heavy atom. The summed E-state index contributed by atoms with van der Waals surface area (Å²) in [5, 5.41) is 4.34. The second-order valence-electron chi connectivity index (χ2n) is 4.98. The van der Waals surface area contributed by atoms with Crippen molar-refractivity contribution in [1.82, 2.24) is 5.32 Å². The lowest BCUT2D eigenvalue weighted by atomic mass is 9.98. The molecular formula is C17H18Cl2FN. The van der Waals surface area contributed by atoms with E-state index in [2.05, 4.69) is 12.2 Å². The minimum atomic E-state index is -0.381. The van der Waals surface area contributed by atoms with Crippen molar-refractivity contribution in [2.45, 2.75) is 25.8 Å². The maximum atomic E-state index is 13.7. The second kappa shape index (κ2) is 7.79. The molecule has 0 aromatic heterocycles. The van der Waals surface area contributed by atoms with E-state index in [-0.39, 0.29) is 16.9 Å². The van der Waals surface area contributed by atoms with Crippen LogP contribution in [0.2, 0.25) is 10.0 Å². The van der Waals surface area contributed by atoms with Crippen LogP contribution in [0.25, 0.3) is 0 Å². The first-order valence-corrected chi connectivity index (χ1v) is 7.79. The fourth-order valence-corrected chi connectivity index (χ4v) is 2.64. The zero-order valence-electron chi connectivity index (χ0n) is 11.9. The first-order valence-electron chi connectivity index (χ1n) is 7.03. The van der Waals surface area contributed by atoms with Crippen molar-refractivity contribution in [3.05, 3.63) is 69.5 Å². The van der Waals surface area contributed by atoms with Gasteiger partial charge in [-0.2, -0.15) is 0 Å². The standard InChI is InChI=1S/C17H18Cl2FN/c1-2-10-21-16(11-12-6-8-13(18)9-7-12)14-4-3-5-15(20)17(14)19/h3-9,16,21H,2,10-11H2,1H3. The van der Waals surface area contributed by atoms with Crippen molar-refractivity contribution in [3.8, 4) is 0 Å².